The summed E-state index contributed by atoms with van der Waals surface area (Å²) in [6.07, 6.45) is 9.03. The third-order valence-electron chi connectivity index (χ3n) is 5.08. The molecule has 0 aromatic heterocycles. The van der Waals surface area contributed by atoms with E-state index in [4.69, 9.17) is 13.7 Å². The van der Waals surface area contributed by atoms with Crippen molar-refractivity contribution in [2.75, 3.05) is 13.2 Å². The van der Waals surface area contributed by atoms with E-state index in [1.54, 1.807) is 12.1 Å². The number of hydrogen-bond acceptors (Lipinski definition) is 7. The van der Waals surface area contributed by atoms with E-state index in [0.29, 0.717) is 0 Å². The van der Waals surface area contributed by atoms with Gasteiger partial charge in [-0.15, -0.1) is 0 Å². The van der Waals surface area contributed by atoms with Gasteiger partial charge in [-0.1, -0.05) is 48.1 Å². The Morgan fingerprint density at radius 3 is 2.21 bits per heavy atom. The molecular formula is C23H22O8S2. The van der Waals surface area contributed by atoms with Crippen molar-refractivity contribution in [1.82, 2.24) is 0 Å². The fraction of sp³-hybridized carbons (Fsp3) is 0.217. The minimum absolute atomic E-state index is 0.00106. The number of ether oxygens (including phenoxy) is 2. The number of rotatable bonds is 5. The molecular weight excluding hydrogens is 468 g/mol. The lowest BCUT2D eigenvalue weighted by atomic mass is 10.2. The van der Waals surface area contributed by atoms with Gasteiger partial charge in [-0.05, 0) is 48.8 Å². The lowest BCUT2D eigenvalue weighted by molar-refractivity contribution is 0.0522. The number of para-hydroxylation sites is 1. The lowest BCUT2D eigenvalue weighted by Crippen LogP contribution is -2.34. The Balaban J connectivity index is 0.000000310. The highest BCUT2D eigenvalue weighted by Crippen LogP contribution is 2.37. The van der Waals surface area contributed by atoms with Gasteiger partial charge in [0.15, 0.2) is 17.6 Å². The SMILES string of the molecule is C1=CC2=CC=C1C2.Cc1ccc(S(=O)(=O)OCC2COc3cccc(S(=O)(=O)O)c3O2)cc1. The van der Waals surface area contributed by atoms with Crippen LogP contribution in [-0.2, 0) is 24.4 Å². The average molecular weight is 491 g/mol. The summed E-state index contributed by atoms with van der Waals surface area (Å²) < 4.78 is 72.4. The molecule has 2 aromatic rings. The van der Waals surface area contributed by atoms with E-state index >= 15 is 0 Å². The zero-order chi connectivity index (χ0) is 23.6. The molecule has 0 saturated heterocycles. The fourth-order valence-electron chi connectivity index (χ4n) is 3.34. The summed E-state index contributed by atoms with van der Waals surface area (Å²) in [6.45, 7) is 1.41. The fourth-order valence-corrected chi connectivity index (χ4v) is 4.91. The second-order valence-electron chi connectivity index (χ2n) is 7.65. The lowest BCUT2D eigenvalue weighted by Gasteiger charge is -2.27. The third kappa shape index (κ3) is 5.53. The van der Waals surface area contributed by atoms with Crippen molar-refractivity contribution < 1.29 is 35.0 Å². The van der Waals surface area contributed by atoms with Crippen molar-refractivity contribution in [2.24, 2.45) is 0 Å². The topological polar surface area (TPSA) is 116 Å². The first-order valence-electron chi connectivity index (χ1n) is 10.1. The summed E-state index contributed by atoms with van der Waals surface area (Å²) in [5.41, 5.74) is 3.84. The van der Waals surface area contributed by atoms with Gasteiger partial charge in [-0.2, -0.15) is 16.8 Å². The van der Waals surface area contributed by atoms with Gasteiger partial charge in [0, 0.05) is 0 Å². The second kappa shape index (κ2) is 9.14. The third-order valence-corrected chi connectivity index (χ3v) is 7.25. The Kier molecular flexibility index (Phi) is 6.44. The summed E-state index contributed by atoms with van der Waals surface area (Å²) >= 11 is 0. The van der Waals surface area contributed by atoms with Crippen molar-refractivity contribution in [2.45, 2.75) is 29.2 Å². The maximum absolute atomic E-state index is 12.2. The standard InChI is InChI=1S/C16H16O8S2.C7H6/c1-11-5-7-13(8-6-11)26(20,21)23-10-12-9-22-14-3-2-4-15(16(14)24-12)25(17,18)19;1-2-7-4-3-6(1)5-7/h2-8,12H,9-10H2,1H3,(H,17,18,19);1-4H,5H2. The van der Waals surface area contributed by atoms with Crippen LogP contribution in [0.5, 0.6) is 11.5 Å². The number of aryl methyl sites for hydroxylation is 1. The van der Waals surface area contributed by atoms with Gasteiger partial charge in [-0.25, -0.2) is 0 Å². The number of fused-ring (bicyclic) bond motifs is 3. The van der Waals surface area contributed by atoms with Gasteiger partial charge in [0.05, 0.1) is 4.90 Å². The largest absolute Gasteiger partial charge is 0.486 e. The first kappa shape index (κ1) is 23.2. The first-order chi connectivity index (χ1) is 15.6. The van der Waals surface area contributed by atoms with E-state index in [-0.39, 0.29) is 29.6 Å². The molecule has 1 heterocycles. The maximum Gasteiger partial charge on any atom is 0.298 e. The summed E-state index contributed by atoms with van der Waals surface area (Å²) in [5.74, 6) is -0.0413. The van der Waals surface area contributed by atoms with Gasteiger partial charge in [0.25, 0.3) is 20.2 Å². The minimum Gasteiger partial charge on any atom is -0.486 e. The van der Waals surface area contributed by atoms with Crippen molar-refractivity contribution in [3.63, 3.8) is 0 Å². The quantitative estimate of drug-likeness (QED) is 0.499. The molecule has 2 aromatic carbocycles. The van der Waals surface area contributed by atoms with Crippen LogP contribution in [0.3, 0.4) is 0 Å². The Hall–Kier alpha value is -2.92. The Bertz CT molecular complexity index is 1330. The van der Waals surface area contributed by atoms with Crippen molar-refractivity contribution in [3.05, 3.63) is 83.5 Å². The van der Waals surface area contributed by atoms with Crippen LogP contribution in [-0.4, -0.2) is 40.7 Å². The molecule has 1 atom stereocenters. The Morgan fingerprint density at radius 1 is 1.00 bits per heavy atom. The van der Waals surface area contributed by atoms with E-state index in [1.165, 1.54) is 41.8 Å². The van der Waals surface area contributed by atoms with E-state index in [2.05, 4.69) is 24.3 Å². The molecule has 0 spiro atoms. The Labute approximate surface area is 192 Å². The molecule has 1 N–H and O–H groups in total. The summed E-state index contributed by atoms with van der Waals surface area (Å²) in [4.78, 5) is -0.458. The number of benzene rings is 2. The average Bonchev–Trinajstić information content (AvgIpc) is 3.44. The van der Waals surface area contributed by atoms with Crippen molar-refractivity contribution >= 4 is 20.2 Å². The zero-order valence-corrected chi connectivity index (χ0v) is 19.3. The smallest absolute Gasteiger partial charge is 0.298 e. The molecule has 0 fully saturated rings. The van der Waals surface area contributed by atoms with Crippen LogP contribution >= 0.6 is 0 Å². The first-order valence-corrected chi connectivity index (χ1v) is 12.9. The zero-order valence-electron chi connectivity index (χ0n) is 17.7. The highest BCUT2D eigenvalue weighted by atomic mass is 32.2. The molecule has 174 valence electrons. The van der Waals surface area contributed by atoms with Crippen molar-refractivity contribution in [1.29, 1.82) is 0 Å². The Morgan fingerprint density at radius 2 is 1.67 bits per heavy atom. The molecule has 1 unspecified atom stereocenters. The van der Waals surface area contributed by atoms with E-state index in [0.717, 1.165) is 11.6 Å². The van der Waals surface area contributed by atoms with E-state index < -0.39 is 31.2 Å². The van der Waals surface area contributed by atoms with Gasteiger partial charge < -0.3 is 9.47 Å². The van der Waals surface area contributed by atoms with Gasteiger partial charge >= 0.3 is 0 Å². The summed E-state index contributed by atoms with van der Waals surface area (Å²) in [5, 5.41) is 0. The predicted octanol–water partition coefficient (Wildman–Crippen LogP) is 3.60. The highest BCUT2D eigenvalue weighted by Gasteiger charge is 2.29. The monoisotopic (exact) mass is 490 g/mol. The molecule has 2 aliphatic carbocycles. The van der Waals surface area contributed by atoms with E-state index in [9.17, 15) is 21.4 Å². The molecule has 3 aliphatic rings. The molecule has 8 nitrogen and oxygen atoms in total. The van der Waals surface area contributed by atoms with E-state index in [1.807, 2.05) is 6.92 Å². The minimum atomic E-state index is -4.52. The molecule has 33 heavy (non-hydrogen) atoms. The van der Waals surface area contributed by atoms with Gasteiger partial charge in [0.2, 0.25) is 0 Å². The second-order valence-corrected chi connectivity index (χ2v) is 10.7. The molecule has 0 saturated carbocycles. The van der Waals surface area contributed by atoms with Crippen LogP contribution in [0.1, 0.15) is 12.0 Å². The number of hydrogen-bond donors (Lipinski definition) is 1. The van der Waals surface area contributed by atoms with Crippen molar-refractivity contribution in [3.8, 4) is 11.5 Å². The van der Waals surface area contributed by atoms with Gasteiger partial charge in [0.1, 0.15) is 18.1 Å². The van der Waals surface area contributed by atoms with Crippen LogP contribution in [0, 0.1) is 6.92 Å². The van der Waals surface area contributed by atoms with Gasteiger partial charge in [-0.3, -0.25) is 8.74 Å². The predicted molar refractivity (Wildman–Crippen MR) is 120 cm³/mol. The highest BCUT2D eigenvalue weighted by molar-refractivity contribution is 7.86. The van der Waals surface area contributed by atoms with Crippen LogP contribution in [0.4, 0.5) is 0 Å². The van der Waals surface area contributed by atoms with Crippen LogP contribution in [0.15, 0.2) is 87.7 Å². The molecule has 0 amide bonds. The molecule has 0 radical (unpaired) electrons. The normalized spacial score (nSPS) is 18.3. The van der Waals surface area contributed by atoms with Crippen LogP contribution in [0.2, 0.25) is 0 Å². The molecule has 1 aliphatic heterocycles. The molecule has 10 heteroatoms. The number of allylic oxidation sites excluding steroid dienone is 6. The summed E-state index contributed by atoms with van der Waals surface area (Å²) in [6, 6.07) is 10.2. The molecule has 5 rings (SSSR count). The van der Waals surface area contributed by atoms with Crippen LogP contribution in [0.25, 0.3) is 0 Å². The maximum atomic E-state index is 12.2. The van der Waals surface area contributed by atoms with Crippen LogP contribution < -0.4 is 9.47 Å². The molecule has 2 bridgehead atoms. The summed E-state index contributed by atoms with van der Waals surface area (Å²) in [7, 11) is -8.52.